The molecule has 0 saturated carbocycles. The molecule has 3 aromatic rings. The number of rotatable bonds is 6. The third kappa shape index (κ3) is 4.53. The van der Waals surface area contributed by atoms with Crippen molar-refractivity contribution in [1.29, 1.82) is 0 Å². The highest BCUT2D eigenvalue weighted by atomic mass is 28.4. The number of H-pyrrole nitrogens is 1. The molecule has 1 N–H and O–H groups in total. The fraction of sp³-hybridized carbons (Fsp3) is 0.385. The van der Waals surface area contributed by atoms with Gasteiger partial charge in [0.15, 0.2) is 0 Å². The number of aromatic nitrogens is 2. The minimum Gasteiger partial charge on any atom is -0.405 e. The molecule has 3 atom stereocenters. The van der Waals surface area contributed by atoms with Crippen LogP contribution in [0.15, 0.2) is 82.5 Å². The van der Waals surface area contributed by atoms with Crippen LogP contribution in [-0.4, -0.2) is 30.6 Å². The van der Waals surface area contributed by atoms with E-state index in [-0.39, 0.29) is 17.1 Å². The zero-order chi connectivity index (χ0) is 23.6. The minimum atomic E-state index is -2.65. The van der Waals surface area contributed by atoms with Crippen molar-refractivity contribution < 1.29 is 9.16 Å². The summed E-state index contributed by atoms with van der Waals surface area (Å²) in [6.45, 7) is 9.25. The summed E-state index contributed by atoms with van der Waals surface area (Å²) in [6, 6.07) is 22.4. The van der Waals surface area contributed by atoms with E-state index in [0.29, 0.717) is 6.61 Å². The van der Waals surface area contributed by atoms with Crippen molar-refractivity contribution in [3.63, 3.8) is 0 Å². The molecule has 2 aromatic carbocycles. The highest BCUT2D eigenvalue weighted by molar-refractivity contribution is 6.99. The summed E-state index contributed by atoms with van der Waals surface area (Å²) in [4.78, 5) is 26.1. The normalized spacial score (nSPS) is 21.3. The van der Waals surface area contributed by atoms with Crippen LogP contribution in [0.5, 0.6) is 0 Å². The Morgan fingerprint density at radius 2 is 1.58 bits per heavy atom. The summed E-state index contributed by atoms with van der Waals surface area (Å²) >= 11 is 0. The van der Waals surface area contributed by atoms with Crippen LogP contribution in [0, 0.1) is 5.92 Å². The first-order valence-corrected chi connectivity index (χ1v) is 13.3. The molecular weight excluding hydrogens is 432 g/mol. The fourth-order valence-electron chi connectivity index (χ4n) is 4.97. The summed E-state index contributed by atoms with van der Waals surface area (Å²) in [6.07, 6.45) is 1.70. The molecule has 1 aliphatic rings. The first-order valence-electron chi connectivity index (χ1n) is 11.4. The SMILES string of the molecule is C[C@@H]1C[C@@H](CO[Si](c2ccccc2)(c2ccccc2)C(C)(C)C)O[C@@H]1n1ccc(=O)[nH]c1=O. The molecule has 2 heterocycles. The van der Waals surface area contributed by atoms with Gasteiger partial charge < -0.3 is 9.16 Å². The van der Waals surface area contributed by atoms with Crippen LogP contribution in [0.25, 0.3) is 0 Å². The monoisotopic (exact) mass is 464 g/mol. The van der Waals surface area contributed by atoms with E-state index >= 15 is 0 Å². The Kier molecular flexibility index (Phi) is 6.56. The third-order valence-corrected chi connectivity index (χ3v) is 11.5. The number of benzene rings is 2. The Balaban J connectivity index is 1.64. The van der Waals surface area contributed by atoms with Crippen LogP contribution in [0.2, 0.25) is 5.04 Å². The number of nitrogens with one attached hydrogen (secondary N) is 1. The van der Waals surface area contributed by atoms with E-state index in [1.54, 1.807) is 0 Å². The molecule has 1 fully saturated rings. The molecule has 0 aliphatic carbocycles. The molecule has 1 aliphatic heterocycles. The lowest BCUT2D eigenvalue weighted by Crippen LogP contribution is -2.67. The summed E-state index contributed by atoms with van der Waals surface area (Å²) in [5, 5.41) is 2.33. The van der Waals surface area contributed by atoms with E-state index in [2.05, 4.69) is 81.2 Å². The maximum atomic E-state index is 12.3. The molecule has 0 bridgehead atoms. The van der Waals surface area contributed by atoms with Crippen LogP contribution in [0.1, 0.15) is 40.3 Å². The van der Waals surface area contributed by atoms with Gasteiger partial charge in [-0.05, 0) is 21.8 Å². The molecule has 6 nitrogen and oxygen atoms in total. The number of hydrogen-bond donors (Lipinski definition) is 1. The largest absolute Gasteiger partial charge is 0.405 e. The standard InChI is InChI=1S/C26H32N2O4Si/c1-19-17-20(32-24(19)28-16-15-23(29)27-25(28)30)18-31-33(26(2,3)4,21-11-7-5-8-12-21)22-13-9-6-10-14-22/h5-16,19-20,24H,17-18H2,1-4H3,(H,27,29,30)/t19-,20+,24+/m1/s1. The zero-order valence-corrected chi connectivity index (χ0v) is 20.7. The van der Waals surface area contributed by atoms with Gasteiger partial charge in [-0.1, -0.05) is 88.4 Å². The molecule has 0 amide bonds. The first kappa shape index (κ1) is 23.4. The van der Waals surface area contributed by atoms with Crippen molar-refractivity contribution in [3.05, 3.63) is 93.8 Å². The molecule has 7 heteroatoms. The minimum absolute atomic E-state index is 0.112. The second-order valence-corrected chi connectivity index (χ2v) is 14.2. The van der Waals surface area contributed by atoms with Crippen molar-refractivity contribution in [1.82, 2.24) is 9.55 Å². The van der Waals surface area contributed by atoms with Gasteiger partial charge in [0.1, 0.15) is 6.23 Å². The molecule has 33 heavy (non-hydrogen) atoms. The molecule has 174 valence electrons. The molecule has 0 unspecified atom stereocenters. The van der Waals surface area contributed by atoms with Gasteiger partial charge in [0.2, 0.25) is 0 Å². The molecule has 0 radical (unpaired) electrons. The maximum Gasteiger partial charge on any atom is 0.330 e. The lowest BCUT2D eigenvalue weighted by Gasteiger charge is -2.43. The molecule has 4 rings (SSSR count). The lowest BCUT2D eigenvalue weighted by atomic mass is 10.1. The highest BCUT2D eigenvalue weighted by Gasteiger charge is 2.51. The quantitative estimate of drug-likeness (QED) is 0.569. The van der Waals surface area contributed by atoms with Crippen molar-refractivity contribution in [2.75, 3.05) is 6.61 Å². The Morgan fingerprint density at radius 1 is 1.00 bits per heavy atom. The van der Waals surface area contributed by atoms with E-state index in [9.17, 15) is 9.59 Å². The van der Waals surface area contributed by atoms with Gasteiger partial charge >= 0.3 is 5.69 Å². The fourth-order valence-corrected chi connectivity index (χ4v) is 9.56. The Bertz CT molecular complexity index is 1140. The van der Waals surface area contributed by atoms with Crippen LogP contribution in [-0.2, 0) is 9.16 Å². The second kappa shape index (κ2) is 9.25. The number of hydrogen-bond acceptors (Lipinski definition) is 4. The first-order chi connectivity index (χ1) is 15.7. The summed E-state index contributed by atoms with van der Waals surface area (Å²) < 4.78 is 14.8. The molecule has 1 aromatic heterocycles. The average molecular weight is 465 g/mol. The van der Waals surface area contributed by atoms with Crippen molar-refractivity contribution in [2.24, 2.45) is 5.92 Å². The van der Waals surface area contributed by atoms with E-state index in [0.717, 1.165) is 6.42 Å². The van der Waals surface area contributed by atoms with Crippen LogP contribution in [0.4, 0.5) is 0 Å². The molecular formula is C26H32N2O4Si. The Morgan fingerprint density at radius 3 is 2.09 bits per heavy atom. The van der Waals surface area contributed by atoms with Gasteiger partial charge in [-0.25, -0.2) is 4.79 Å². The van der Waals surface area contributed by atoms with Gasteiger partial charge in [-0.3, -0.25) is 14.3 Å². The lowest BCUT2D eigenvalue weighted by molar-refractivity contribution is -0.0309. The van der Waals surface area contributed by atoms with E-state index in [1.807, 2.05) is 12.1 Å². The maximum absolute atomic E-state index is 12.3. The average Bonchev–Trinajstić information content (AvgIpc) is 3.15. The van der Waals surface area contributed by atoms with Crippen molar-refractivity contribution in [3.8, 4) is 0 Å². The van der Waals surface area contributed by atoms with Crippen molar-refractivity contribution >= 4 is 18.7 Å². The van der Waals surface area contributed by atoms with Gasteiger partial charge in [0.05, 0.1) is 12.7 Å². The van der Waals surface area contributed by atoms with Crippen molar-refractivity contribution in [2.45, 2.75) is 51.5 Å². The van der Waals surface area contributed by atoms with Gasteiger partial charge in [0, 0.05) is 18.2 Å². The Hall–Kier alpha value is -2.74. The highest BCUT2D eigenvalue weighted by Crippen LogP contribution is 2.38. The predicted octanol–water partition coefficient (Wildman–Crippen LogP) is 3.04. The zero-order valence-electron chi connectivity index (χ0n) is 19.7. The third-order valence-electron chi connectivity index (χ3n) is 6.48. The van der Waals surface area contributed by atoms with Crippen LogP contribution < -0.4 is 21.6 Å². The van der Waals surface area contributed by atoms with Gasteiger partial charge in [-0.15, -0.1) is 0 Å². The summed E-state index contributed by atoms with van der Waals surface area (Å²) in [7, 11) is -2.65. The molecule has 1 saturated heterocycles. The van der Waals surface area contributed by atoms with Gasteiger partial charge in [-0.2, -0.15) is 0 Å². The number of ether oxygens (including phenoxy) is 1. The summed E-state index contributed by atoms with van der Waals surface area (Å²) in [5.41, 5.74) is -0.860. The van der Waals surface area contributed by atoms with E-state index in [1.165, 1.54) is 27.2 Å². The second-order valence-electron chi connectivity index (χ2n) is 9.85. The number of nitrogens with zero attached hydrogens (tertiary/aromatic N) is 1. The van der Waals surface area contributed by atoms with Gasteiger partial charge in [0.25, 0.3) is 13.9 Å². The van der Waals surface area contributed by atoms with E-state index < -0.39 is 25.8 Å². The summed E-state index contributed by atoms with van der Waals surface area (Å²) in [5.74, 6) is 0.112. The number of aromatic amines is 1. The van der Waals surface area contributed by atoms with Crippen LogP contribution >= 0.6 is 0 Å². The smallest absolute Gasteiger partial charge is 0.330 e. The predicted molar refractivity (Wildman–Crippen MR) is 133 cm³/mol. The Labute approximate surface area is 195 Å². The molecule has 0 spiro atoms. The topological polar surface area (TPSA) is 73.3 Å². The van der Waals surface area contributed by atoms with Crippen LogP contribution in [0.3, 0.4) is 0 Å². The van der Waals surface area contributed by atoms with E-state index in [4.69, 9.17) is 9.16 Å².